The van der Waals surface area contributed by atoms with E-state index in [1.807, 2.05) is 18.7 Å². The molecular weight excluding hydrogens is 354 g/mol. The lowest BCUT2D eigenvalue weighted by Gasteiger charge is -2.37. The lowest BCUT2D eigenvalue weighted by atomic mass is 9.87. The molecule has 5 nitrogen and oxygen atoms in total. The second kappa shape index (κ2) is 6.71. The van der Waals surface area contributed by atoms with Crippen molar-refractivity contribution in [3.63, 3.8) is 0 Å². The molecule has 1 amide bonds. The Morgan fingerprint density at radius 1 is 1.30 bits per heavy atom. The molecule has 144 valence electrons. The van der Waals surface area contributed by atoms with Crippen molar-refractivity contribution in [3.05, 3.63) is 41.2 Å². The fraction of sp³-hybridized carbons (Fsp3) is 0.500. The monoisotopic (exact) mass is 376 g/mol. The van der Waals surface area contributed by atoms with Gasteiger partial charge in [-0.25, -0.2) is 8.78 Å². The van der Waals surface area contributed by atoms with Crippen molar-refractivity contribution < 1.29 is 22.8 Å². The second-order valence-corrected chi connectivity index (χ2v) is 7.87. The molecule has 3 heterocycles. The first-order chi connectivity index (χ1) is 12.8. The summed E-state index contributed by atoms with van der Waals surface area (Å²) in [5, 5.41) is 4.05. The molecule has 0 radical (unpaired) electrons. The third-order valence-corrected chi connectivity index (χ3v) is 5.38. The minimum atomic E-state index is -0.933. The van der Waals surface area contributed by atoms with Gasteiger partial charge in [-0.3, -0.25) is 4.79 Å². The minimum absolute atomic E-state index is 0.0677. The van der Waals surface area contributed by atoms with Crippen LogP contribution >= 0.6 is 0 Å². The van der Waals surface area contributed by atoms with E-state index in [1.165, 1.54) is 6.07 Å². The van der Waals surface area contributed by atoms with Gasteiger partial charge in [-0.2, -0.15) is 0 Å². The van der Waals surface area contributed by atoms with E-state index in [2.05, 4.69) is 5.16 Å². The molecule has 0 bridgehead atoms. The van der Waals surface area contributed by atoms with Crippen molar-refractivity contribution >= 4 is 5.91 Å². The van der Waals surface area contributed by atoms with Crippen molar-refractivity contribution in [1.82, 2.24) is 10.1 Å². The Labute approximate surface area is 156 Å². The molecule has 1 atom stereocenters. The van der Waals surface area contributed by atoms with Gasteiger partial charge in [0.25, 0.3) is 0 Å². The van der Waals surface area contributed by atoms with Crippen LogP contribution in [0.2, 0.25) is 0 Å². The summed E-state index contributed by atoms with van der Waals surface area (Å²) in [4.78, 5) is 14.8. The SMILES string of the molecule is CC1(C)CC(C(=O)N2CCc3onc(-c4ccc(F)c(F)c4)c3C2)CCO1. The number of nitrogens with zero attached hydrogens (tertiary/aromatic N) is 2. The number of rotatable bonds is 2. The highest BCUT2D eigenvalue weighted by atomic mass is 19.2. The number of hydrogen-bond acceptors (Lipinski definition) is 4. The summed E-state index contributed by atoms with van der Waals surface area (Å²) < 4.78 is 38.0. The van der Waals surface area contributed by atoms with E-state index < -0.39 is 11.6 Å². The van der Waals surface area contributed by atoms with Crippen LogP contribution in [0.5, 0.6) is 0 Å². The topological polar surface area (TPSA) is 55.6 Å². The molecule has 1 aromatic heterocycles. The largest absolute Gasteiger partial charge is 0.376 e. The highest BCUT2D eigenvalue weighted by Gasteiger charge is 2.37. The van der Waals surface area contributed by atoms with Crippen LogP contribution in [0, 0.1) is 17.6 Å². The van der Waals surface area contributed by atoms with Gasteiger partial charge in [0.2, 0.25) is 5.91 Å². The van der Waals surface area contributed by atoms with Crippen molar-refractivity contribution in [3.8, 4) is 11.3 Å². The summed E-state index contributed by atoms with van der Waals surface area (Å²) in [7, 11) is 0. The number of carbonyl (C=O) groups is 1. The van der Waals surface area contributed by atoms with Gasteiger partial charge in [-0.05, 0) is 44.9 Å². The maximum Gasteiger partial charge on any atom is 0.226 e. The van der Waals surface area contributed by atoms with E-state index in [4.69, 9.17) is 9.26 Å². The Balaban J connectivity index is 1.57. The molecule has 1 fully saturated rings. The Kier molecular flexibility index (Phi) is 4.50. The van der Waals surface area contributed by atoms with E-state index in [0.717, 1.165) is 17.7 Å². The Hall–Kier alpha value is -2.28. The molecule has 0 spiro atoms. The van der Waals surface area contributed by atoms with E-state index in [9.17, 15) is 13.6 Å². The van der Waals surface area contributed by atoms with Gasteiger partial charge in [0.1, 0.15) is 11.5 Å². The quantitative estimate of drug-likeness (QED) is 0.802. The summed E-state index contributed by atoms with van der Waals surface area (Å²) >= 11 is 0. The van der Waals surface area contributed by atoms with Crippen LogP contribution < -0.4 is 0 Å². The fourth-order valence-corrected chi connectivity index (χ4v) is 3.97. The van der Waals surface area contributed by atoms with Gasteiger partial charge in [0.05, 0.1) is 12.1 Å². The highest BCUT2D eigenvalue weighted by Crippen LogP contribution is 2.34. The third-order valence-electron chi connectivity index (χ3n) is 5.38. The molecule has 0 aliphatic carbocycles. The number of halogens is 2. The maximum absolute atomic E-state index is 13.6. The minimum Gasteiger partial charge on any atom is -0.376 e. The zero-order valence-electron chi connectivity index (χ0n) is 15.4. The van der Waals surface area contributed by atoms with E-state index in [1.54, 1.807) is 0 Å². The zero-order chi connectivity index (χ0) is 19.2. The van der Waals surface area contributed by atoms with Gasteiger partial charge in [0.15, 0.2) is 11.6 Å². The third kappa shape index (κ3) is 3.48. The standard InChI is InChI=1S/C20H22F2N2O3/c1-20(2)10-13(6-8-26-20)19(25)24-7-5-17-14(11-24)18(23-27-17)12-3-4-15(21)16(22)9-12/h3-4,9,13H,5-8,10-11H2,1-2H3. The predicted molar refractivity (Wildman–Crippen MR) is 93.7 cm³/mol. The number of ether oxygens (including phenoxy) is 1. The normalized spacial score (nSPS) is 21.8. The molecular formula is C20H22F2N2O3. The number of aromatic nitrogens is 1. The molecule has 7 heteroatoms. The predicted octanol–water partition coefficient (Wildman–Crippen LogP) is 3.71. The van der Waals surface area contributed by atoms with Crippen LogP contribution in [0.3, 0.4) is 0 Å². The molecule has 4 rings (SSSR count). The van der Waals surface area contributed by atoms with Gasteiger partial charge < -0.3 is 14.2 Å². The number of fused-ring (bicyclic) bond motifs is 1. The first-order valence-corrected chi connectivity index (χ1v) is 9.20. The lowest BCUT2D eigenvalue weighted by Crippen LogP contribution is -2.45. The molecule has 0 N–H and O–H groups in total. The van der Waals surface area contributed by atoms with Crippen LogP contribution in [0.4, 0.5) is 8.78 Å². The molecule has 27 heavy (non-hydrogen) atoms. The zero-order valence-corrected chi connectivity index (χ0v) is 15.4. The smallest absolute Gasteiger partial charge is 0.226 e. The van der Waals surface area contributed by atoms with E-state index in [0.29, 0.717) is 56.0 Å². The molecule has 2 aliphatic rings. The van der Waals surface area contributed by atoms with Crippen molar-refractivity contribution in [2.24, 2.45) is 5.92 Å². The van der Waals surface area contributed by atoms with Gasteiger partial charge >= 0.3 is 0 Å². The van der Waals surface area contributed by atoms with Crippen LogP contribution in [0.25, 0.3) is 11.3 Å². The first kappa shape index (κ1) is 18.1. The van der Waals surface area contributed by atoms with Crippen LogP contribution in [0.15, 0.2) is 22.7 Å². The average Bonchev–Trinajstić information content (AvgIpc) is 3.05. The van der Waals surface area contributed by atoms with Gasteiger partial charge in [0, 0.05) is 36.6 Å². The number of hydrogen-bond donors (Lipinski definition) is 0. The van der Waals surface area contributed by atoms with Crippen molar-refractivity contribution in [2.75, 3.05) is 13.2 Å². The summed E-state index contributed by atoms with van der Waals surface area (Å²) in [6.45, 7) is 5.51. The Bertz CT molecular complexity index is 878. The lowest BCUT2D eigenvalue weighted by molar-refractivity contribution is -0.146. The summed E-state index contributed by atoms with van der Waals surface area (Å²) in [6, 6.07) is 3.65. The molecule has 1 aromatic carbocycles. The number of benzene rings is 1. The molecule has 1 saturated heterocycles. The van der Waals surface area contributed by atoms with Crippen molar-refractivity contribution in [2.45, 2.75) is 45.3 Å². The molecule has 1 unspecified atom stereocenters. The molecule has 2 aromatic rings. The molecule has 0 saturated carbocycles. The van der Waals surface area contributed by atoms with E-state index in [-0.39, 0.29) is 17.4 Å². The average molecular weight is 376 g/mol. The highest BCUT2D eigenvalue weighted by molar-refractivity contribution is 5.80. The molecule has 2 aliphatic heterocycles. The summed E-state index contributed by atoms with van der Waals surface area (Å²) in [5.74, 6) is -1.10. The second-order valence-electron chi connectivity index (χ2n) is 7.87. The van der Waals surface area contributed by atoms with E-state index >= 15 is 0 Å². The maximum atomic E-state index is 13.6. The fourth-order valence-electron chi connectivity index (χ4n) is 3.97. The van der Waals surface area contributed by atoms with Crippen LogP contribution in [0.1, 0.15) is 38.0 Å². The Morgan fingerprint density at radius 2 is 2.11 bits per heavy atom. The summed E-state index contributed by atoms with van der Waals surface area (Å²) in [5.41, 5.74) is 1.38. The van der Waals surface area contributed by atoms with Gasteiger partial charge in [-0.1, -0.05) is 5.16 Å². The van der Waals surface area contributed by atoms with Crippen LogP contribution in [-0.2, 0) is 22.5 Å². The van der Waals surface area contributed by atoms with Crippen LogP contribution in [-0.4, -0.2) is 34.7 Å². The summed E-state index contributed by atoms with van der Waals surface area (Å²) in [6.07, 6.45) is 1.96. The first-order valence-electron chi connectivity index (χ1n) is 9.20. The Morgan fingerprint density at radius 3 is 2.85 bits per heavy atom. The number of amides is 1. The van der Waals surface area contributed by atoms with Crippen molar-refractivity contribution in [1.29, 1.82) is 0 Å². The number of carbonyl (C=O) groups excluding carboxylic acids is 1. The van der Waals surface area contributed by atoms with Gasteiger partial charge in [-0.15, -0.1) is 0 Å².